The van der Waals surface area contributed by atoms with Gasteiger partial charge in [-0.2, -0.15) is 0 Å². The minimum absolute atomic E-state index is 0.0128. The Labute approximate surface area is 223 Å². The molecule has 3 heterocycles. The minimum atomic E-state index is -0.791. The van der Waals surface area contributed by atoms with E-state index >= 15 is 0 Å². The molecular formula is C31H21NO2STe. The second-order valence-electron chi connectivity index (χ2n) is 9.17. The standard InChI is InChI=1S/C31H21NO2STe/c33-29-23-16-17-35-31(23)30(34)24(29)18-20-14-15-27(36-20)32-25-12-6-4-10-21(25)28(19-8-2-1-3-9-19)22-11-5-7-13-26(22)32/h1-18,23,28,31H/b24-18+. The first-order valence-corrected chi connectivity index (χ1v) is 15.2. The van der Waals surface area contributed by atoms with Crippen molar-refractivity contribution in [3.05, 3.63) is 128 Å². The van der Waals surface area contributed by atoms with Crippen LogP contribution in [0.3, 0.4) is 0 Å². The molecule has 1 fully saturated rings. The summed E-state index contributed by atoms with van der Waals surface area (Å²) in [5, 5.41) is 1.63. The van der Waals surface area contributed by atoms with Gasteiger partial charge in [-0.25, -0.2) is 0 Å². The van der Waals surface area contributed by atoms with E-state index in [9.17, 15) is 9.59 Å². The summed E-state index contributed by atoms with van der Waals surface area (Å²) < 4.78 is 2.40. The molecule has 0 bridgehead atoms. The van der Waals surface area contributed by atoms with E-state index in [1.54, 1.807) is 0 Å². The fraction of sp³-hybridized carbons (Fsp3) is 0.0968. The SMILES string of the molecule is O=C1/C(=C\c2ccc(N3c4ccccc4C(c4ccccc4)c4ccccc43)[te]2)C(=O)C2SC=CC12. The van der Waals surface area contributed by atoms with Crippen LogP contribution in [0.1, 0.15) is 26.2 Å². The number of Topliss-reactive ketones (excluding diaryl/α,β-unsaturated/α-hetero) is 2. The van der Waals surface area contributed by atoms with Gasteiger partial charge in [0.05, 0.1) is 0 Å². The number of thioether (sulfide) groups is 1. The molecule has 2 atom stereocenters. The summed E-state index contributed by atoms with van der Waals surface area (Å²) in [4.78, 5) is 28.2. The molecular weight excluding hydrogens is 578 g/mol. The quantitative estimate of drug-likeness (QED) is 0.135. The molecule has 174 valence electrons. The Morgan fingerprint density at radius 1 is 0.750 bits per heavy atom. The number of ketones is 2. The molecule has 0 radical (unpaired) electrons. The number of anilines is 3. The molecule has 4 aromatic rings. The Bertz CT molecular complexity index is 1540. The van der Waals surface area contributed by atoms with Crippen molar-refractivity contribution >= 4 is 64.9 Å². The molecule has 0 amide bonds. The number of hydrogen-bond donors (Lipinski definition) is 0. The van der Waals surface area contributed by atoms with Crippen molar-refractivity contribution in [1.29, 1.82) is 0 Å². The number of rotatable bonds is 3. The number of para-hydroxylation sites is 2. The van der Waals surface area contributed by atoms with Crippen LogP contribution in [-0.2, 0) is 9.59 Å². The second kappa shape index (κ2) is 8.78. The maximum absolute atomic E-state index is 12.9. The number of benzene rings is 3. The number of carbonyl (C=O) groups is 2. The Balaban J connectivity index is 1.33. The van der Waals surface area contributed by atoms with E-state index in [1.165, 1.54) is 43.5 Å². The van der Waals surface area contributed by atoms with Gasteiger partial charge in [0, 0.05) is 0 Å². The fourth-order valence-corrected chi connectivity index (χ4v) is 9.39. The van der Waals surface area contributed by atoms with Crippen LogP contribution in [0.15, 0.2) is 108 Å². The van der Waals surface area contributed by atoms with Crippen molar-refractivity contribution in [2.45, 2.75) is 11.2 Å². The Morgan fingerprint density at radius 3 is 2.11 bits per heavy atom. The van der Waals surface area contributed by atoms with E-state index in [2.05, 4.69) is 95.9 Å². The second-order valence-corrected chi connectivity index (χ2v) is 13.3. The molecule has 2 aliphatic heterocycles. The van der Waals surface area contributed by atoms with Crippen molar-refractivity contribution in [2.24, 2.45) is 5.92 Å². The van der Waals surface area contributed by atoms with E-state index in [4.69, 9.17) is 0 Å². The third kappa shape index (κ3) is 3.42. The van der Waals surface area contributed by atoms with Crippen LogP contribution < -0.4 is 4.90 Å². The van der Waals surface area contributed by atoms with Gasteiger partial charge in [-0.05, 0) is 0 Å². The summed E-state index contributed by atoms with van der Waals surface area (Å²) in [5.41, 5.74) is 6.66. The summed E-state index contributed by atoms with van der Waals surface area (Å²) in [6, 6.07) is 32.3. The molecule has 0 saturated heterocycles. The predicted molar refractivity (Wildman–Crippen MR) is 147 cm³/mol. The molecule has 1 aromatic heterocycles. The van der Waals surface area contributed by atoms with Crippen LogP contribution in [0.2, 0.25) is 0 Å². The molecule has 5 heteroatoms. The van der Waals surface area contributed by atoms with Crippen molar-refractivity contribution in [3.63, 3.8) is 0 Å². The van der Waals surface area contributed by atoms with Gasteiger partial charge < -0.3 is 0 Å². The maximum atomic E-state index is 12.9. The monoisotopic (exact) mass is 601 g/mol. The Kier molecular flexibility index (Phi) is 5.40. The van der Waals surface area contributed by atoms with Crippen molar-refractivity contribution in [2.75, 3.05) is 4.90 Å². The number of carbonyl (C=O) groups excluding carboxylic acids is 2. The van der Waals surface area contributed by atoms with Crippen LogP contribution in [0, 0.1) is 5.92 Å². The summed E-state index contributed by atoms with van der Waals surface area (Å²) in [6.45, 7) is 0. The summed E-state index contributed by atoms with van der Waals surface area (Å²) in [7, 11) is 0. The van der Waals surface area contributed by atoms with Crippen molar-refractivity contribution in [3.8, 4) is 0 Å². The van der Waals surface area contributed by atoms with Gasteiger partial charge in [-0.3, -0.25) is 0 Å². The fourth-order valence-electron chi connectivity index (χ4n) is 5.54. The molecule has 7 rings (SSSR count). The van der Waals surface area contributed by atoms with Gasteiger partial charge in [0.15, 0.2) is 0 Å². The number of nitrogens with zero attached hydrogens (tertiary/aromatic N) is 1. The summed E-state index contributed by atoms with van der Waals surface area (Å²) in [6.07, 6.45) is 3.77. The van der Waals surface area contributed by atoms with Crippen LogP contribution in [0.25, 0.3) is 6.08 Å². The van der Waals surface area contributed by atoms with E-state index < -0.39 is 20.4 Å². The van der Waals surface area contributed by atoms with Gasteiger partial charge in [0.1, 0.15) is 0 Å². The van der Waals surface area contributed by atoms with Gasteiger partial charge in [0.25, 0.3) is 0 Å². The van der Waals surface area contributed by atoms with Gasteiger partial charge >= 0.3 is 225 Å². The van der Waals surface area contributed by atoms with Crippen LogP contribution in [0.5, 0.6) is 0 Å². The van der Waals surface area contributed by atoms with E-state index in [1.807, 2.05) is 17.6 Å². The molecule has 0 N–H and O–H groups in total. The zero-order valence-electron chi connectivity index (χ0n) is 19.2. The third-order valence-corrected chi connectivity index (χ3v) is 11.2. The molecule has 3 nitrogen and oxygen atoms in total. The van der Waals surface area contributed by atoms with Crippen LogP contribution in [-0.4, -0.2) is 37.2 Å². The first kappa shape index (κ1) is 22.1. The predicted octanol–water partition coefficient (Wildman–Crippen LogP) is 6.49. The van der Waals surface area contributed by atoms with Crippen molar-refractivity contribution in [1.82, 2.24) is 0 Å². The Hall–Kier alpha value is -3.10. The molecule has 1 saturated carbocycles. The van der Waals surface area contributed by atoms with E-state index in [0.29, 0.717) is 5.57 Å². The molecule has 36 heavy (non-hydrogen) atoms. The topological polar surface area (TPSA) is 37.4 Å². The molecule has 3 aliphatic rings. The number of hydrogen-bond acceptors (Lipinski definition) is 4. The van der Waals surface area contributed by atoms with E-state index in [-0.39, 0.29) is 28.7 Å². The molecule has 1 aliphatic carbocycles. The zero-order valence-corrected chi connectivity index (χ0v) is 22.4. The van der Waals surface area contributed by atoms with Crippen LogP contribution in [0.4, 0.5) is 15.1 Å². The van der Waals surface area contributed by atoms with Crippen molar-refractivity contribution < 1.29 is 9.59 Å². The zero-order chi connectivity index (χ0) is 24.2. The number of fused-ring (bicyclic) bond motifs is 3. The third-order valence-electron chi connectivity index (χ3n) is 7.16. The Morgan fingerprint density at radius 2 is 1.42 bits per heavy atom. The molecule has 0 spiro atoms. The summed E-state index contributed by atoms with van der Waals surface area (Å²) in [5.74, 6) is -0.140. The van der Waals surface area contributed by atoms with Gasteiger partial charge in [0.2, 0.25) is 0 Å². The number of allylic oxidation sites excluding steroid dienone is 2. The first-order chi connectivity index (χ1) is 17.7. The summed E-state index contributed by atoms with van der Waals surface area (Å²) >= 11 is 0.680. The molecule has 2 unspecified atom stereocenters. The van der Waals surface area contributed by atoms with Gasteiger partial charge in [-0.15, -0.1) is 0 Å². The average Bonchev–Trinajstić information content (AvgIpc) is 3.64. The van der Waals surface area contributed by atoms with E-state index in [0.717, 1.165) is 3.58 Å². The first-order valence-electron chi connectivity index (χ1n) is 12.0. The van der Waals surface area contributed by atoms with Gasteiger partial charge in [-0.1, -0.05) is 0 Å². The normalized spacial score (nSPS) is 21.7. The van der Waals surface area contributed by atoms with Crippen LogP contribution >= 0.6 is 11.8 Å². The average molecular weight is 599 g/mol. The molecule has 3 aromatic carbocycles.